The van der Waals surface area contributed by atoms with Crippen molar-refractivity contribution in [2.75, 3.05) is 6.61 Å². The first-order valence-electron chi connectivity index (χ1n) is 15.0. The largest absolute Gasteiger partial charge is 0.394 e. The highest BCUT2D eigenvalue weighted by Crippen LogP contribution is 2.38. The third-order valence-corrected chi connectivity index (χ3v) is 8.87. The lowest BCUT2D eigenvalue weighted by Crippen LogP contribution is -2.37. The minimum atomic E-state index is -0.410. The smallest absolute Gasteiger partial charge is 0.228 e. The van der Waals surface area contributed by atoms with E-state index in [0.717, 1.165) is 61.0 Å². The van der Waals surface area contributed by atoms with E-state index in [1.165, 1.54) is 27.7 Å². The van der Waals surface area contributed by atoms with E-state index in [9.17, 15) is 9.90 Å². The van der Waals surface area contributed by atoms with Crippen molar-refractivity contribution in [2.24, 2.45) is 5.92 Å². The van der Waals surface area contributed by atoms with Crippen molar-refractivity contribution in [3.05, 3.63) is 119 Å². The summed E-state index contributed by atoms with van der Waals surface area (Å²) in [6.07, 6.45) is 6.12. The highest BCUT2D eigenvalue weighted by molar-refractivity contribution is 5.91. The van der Waals surface area contributed by atoms with Crippen LogP contribution in [0.3, 0.4) is 0 Å². The molecule has 5 heteroatoms. The number of rotatable bonds is 9. The summed E-state index contributed by atoms with van der Waals surface area (Å²) in [6.45, 7) is 4.18. The number of nitrogens with one attached hydrogen (secondary N) is 1. The quantitative estimate of drug-likeness (QED) is 0.208. The first-order chi connectivity index (χ1) is 20.1. The Balaban J connectivity index is 1.31. The van der Waals surface area contributed by atoms with Gasteiger partial charge >= 0.3 is 0 Å². The number of aryl methyl sites for hydroxylation is 2. The molecule has 1 amide bonds. The third kappa shape index (κ3) is 5.39. The number of benzene rings is 3. The van der Waals surface area contributed by atoms with Crippen molar-refractivity contribution in [3.63, 3.8) is 0 Å². The molecule has 0 aliphatic heterocycles. The minimum Gasteiger partial charge on any atom is -0.394 e. The van der Waals surface area contributed by atoms with Gasteiger partial charge in [-0.15, -0.1) is 0 Å². The maximum Gasteiger partial charge on any atom is 0.228 e. The fraction of sp³-hybridized carbons (Fsp3) is 0.333. The van der Waals surface area contributed by atoms with E-state index in [-0.39, 0.29) is 18.4 Å². The summed E-state index contributed by atoms with van der Waals surface area (Å²) in [5.41, 5.74) is 8.95. The number of aliphatic hydroxyl groups is 1. The van der Waals surface area contributed by atoms with Gasteiger partial charge in [0.15, 0.2) is 0 Å². The van der Waals surface area contributed by atoms with Crippen molar-refractivity contribution in [1.29, 1.82) is 0 Å². The molecule has 1 fully saturated rings. The molecule has 1 saturated carbocycles. The molecule has 1 aliphatic rings. The fourth-order valence-electron chi connectivity index (χ4n) is 6.75. The second kappa shape index (κ2) is 11.9. The summed E-state index contributed by atoms with van der Waals surface area (Å²) in [5, 5.41) is 14.5. The zero-order chi connectivity index (χ0) is 28.3. The Hall–Kier alpha value is -3.96. The highest BCUT2D eigenvalue weighted by atomic mass is 16.3. The number of amides is 1. The van der Waals surface area contributed by atoms with Gasteiger partial charge in [0.25, 0.3) is 0 Å². The zero-order valence-corrected chi connectivity index (χ0v) is 24.0. The van der Waals surface area contributed by atoms with Crippen LogP contribution in [-0.2, 0) is 17.6 Å². The standard InChI is InChI=1S/C36H39N3O2/c1-3-29-21-24(2)39-33-16-10-9-15-30(33)31(35(39)37-29)22-25-17-19-28(20-18-25)34(27-13-7-8-14-27)36(41)38-32(23-40)26-11-5-4-6-12-26/h4-6,9-12,15-21,27,32,34,40H,3,7-8,13-14,22-23H2,1-2H3,(H,38,41). The Labute approximate surface area is 242 Å². The lowest BCUT2D eigenvalue weighted by Gasteiger charge is -2.26. The first-order valence-corrected chi connectivity index (χ1v) is 15.0. The fourth-order valence-corrected chi connectivity index (χ4v) is 6.75. The van der Waals surface area contributed by atoms with E-state index in [4.69, 9.17) is 4.98 Å². The summed E-state index contributed by atoms with van der Waals surface area (Å²) >= 11 is 0. The number of hydrogen-bond donors (Lipinski definition) is 2. The Morgan fingerprint density at radius 1 is 0.976 bits per heavy atom. The van der Waals surface area contributed by atoms with Gasteiger partial charge in [-0.25, -0.2) is 4.98 Å². The predicted octanol–water partition coefficient (Wildman–Crippen LogP) is 7.07. The normalized spacial score (nSPS) is 15.4. The van der Waals surface area contributed by atoms with Gasteiger partial charge in [-0.2, -0.15) is 0 Å². The number of para-hydroxylation sites is 1. The average molecular weight is 546 g/mol. The van der Waals surface area contributed by atoms with Crippen LogP contribution in [0.1, 0.15) is 78.2 Å². The molecule has 5 aromatic rings. The number of fused-ring (bicyclic) bond motifs is 3. The summed E-state index contributed by atoms with van der Waals surface area (Å²) in [5.74, 6) is 0.0931. The summed E-state index contributed by atoms with van der Waals surface area (Å²) in [6, 6.07) is 28.7. The number of aromatic nitrogens is 2. The van der Waals surface area contributed by atoms with E-state index in [1.807, 2.05) is 30.3 Å². The average Bonchev–Trinajstić information content (AvgIpc) is 3.64. The predicted molar refractivity (Wildman–Crippen MR) is 165 cm³/mol. The topological polar surface area (TPSA) is 66.6 Å². The van der Waals surface area contributed by atoms with Crippen LogP contribution in [0.5, 0.6) is 0 Å². The number of carbonyl (C=O) groups excluding carboxylic acids is 1. The molecule has 0 saturated heterocycles. The van der Waals surface area contributed by atoms with Gasteiger partial charge in [-0.05, 0) is 60.9 Å². The molecule has 2 aromatic heterocycles. The van der Waals surface area contributed by atoms with E-state index in [2.05, 4.69) is 78.2 Å². The number of aliphatic hydroxyl groups excluding tert-OH is 1. The van der Waals surface area contributed by atoms with E-state index in [1.54, 1.807) is 0 Å². The molecule has 2 unspecified atom stereocenters. The first kappa shape index (κ1) is 27.2. The Bertz CT molecular complexity index is 1650. The molecule has 2 atom stereocenters. The highest BCUT2D eigenvalue weighted by Gasteiger charge is 2.33. The maximum absolute atomic E-state index is 13.8. The third-order valence-electron chi connectivity index (χ3n) is 8.87. The van der Waals surface area contributed by atoms with Gasteiger partial charge in [0.1, 0.15) is 5.65 Å². The molecule has 3 aromatic carbocycles. The molecule has 0 radical (unpaired) electrons. The lowest BCUT2D eigenvalue weighted by atomic mass is 9.83. The van der Waals surface area contributed by atoms with E-state index < -0.39 is 6.04 Å². The van der Waals surface area contributed by atoms with Crippen LogP contribution in [-0.4, -0.2) is 27.0 Å². The molecule has 41 heavy (non-hydrogen) atoms. The Morgan fingerprint density at radius 3 is 2.39 bits per heavy atom. The molecular formula is C36H39N3O2. The molecule has 2 N–H and O–H groups in total. The Morgan fingerprint density at radius 2 is 1.68 bits per heavy atom. The number of carbonyl (C=O) groups is 1. The molecule has 1 aliphatic carbocycles. The van der Waals surface area contributed by atoms with Crippen LogP contribution < -0.4 is 5.32 Å². The molecular weight excluding hydrogens is 506 g/mol. The molecule has 5 nitrogen and oxygen atoms in total. The lowest BCUT2D eigenvalue weighted by molar-refractivity contribution is -0.124. The maximum atomic E-state index is 13.8. The second-order valence-electron chi connectivity index (χ2n) is 11.5. The van der Waals surface area contributed by atoms with Crippen molar-refractivity contribution in [3.8, 4) is 0 Å². The van der Waals surface area contributed by atoms with E-state index in [0.29, 0.717) is 5.92 Å². The van der Waals surface area contributed by atoms with Crippen molar-refractivity contribution in [2.45, 2.75) is 64.3 Å². The SMILES string of the molecule is CCc1cc(C)n2c(n1)c(Cc1ccc(C(C(=O)NC(CO)c3ccccc3)C3CCCC3)cc1)c1ccccc12. The van der Waals surface area contributed by atoms with Gasteiger partial charge in [-0.1, -0.05) is 92.6 Å². The second-order valence-corrected chi connectivity index (χ2v) is 11.5. The number of hydrogen-bond acceptors (Lipinski definition) is 3. The van der Waals surface area contributed by atoms with Crippen molar-refractivity contribution < 1.29 is 9.90 Å². The van der Waals surface area contributed by atoms with Crippen LogP contribution in [0.15, 0.2) is 84.9 Å². The molecule has 0 spiro atoms. The van der Waals surface area contributed by atoms with Gasteiger partial charge in [0.05, 0.1) is 24.1 Å². The van der Waals surface area contributed by atoms with Crippen LogP contribution in [0, 0.1) is 12.8 Å². The zero-order valence-electron chi connectivity index (χ0n) is 24.0. The minimum absolute atomic E-state index is 0.00347. The molecule has 6 rings (SSSR count). The van der Waals surface area contributed by atoms with Crippen LogP contribution in [0.4, 0.5) is 0 Å². The monoisotopic (exact) mass is 545 g/mol. The molecule has 0 bridgehead atoms. The molecule has 2 heterocycles. The van der Waals surface area contributed by atoms with Gasteiger partial charge in [-0.3, -0.25) is 9.20 Å². The summed E-state index contributed by atoms with van der Waals surface area (Å²) in [4.78, 5) is 18.8. The van der Waals surface area contributed by atoms with Gasteiger partial charge in [0.2, 0.25) is 5.91 Å². The molecule has 210 valence electrons. The van der Waals surface area contributed by atoms with Gasteiger partial charge < -0.3 is 10.4 Å². The summed E-state index contributed by atoms with van der Waals surface area (Å²) < 4.78 is 2.28. The van der Waals surface area contributed by atoms with Crippen molar-refractivity contribution in [1.82, 2.24) is 14.7 Å². The number of nitrogens with zero attached hydrogens (tertiary/aromatic N) is 2. The van der Waals surface area contributed by atoms with E-state index >= 15 is 0 Å². The van der Waals surface area contributed by atoms with Crippen LogP contribution >= 0.6 is 0 Å². The van der Waals surface area contributed by atoms with Crippen LogP contribution in [0.2, 0.25) is 0 Å². The van der Waals surface area contributed by atoms with Crippen LogP contribution in [0.25, 0.3) is 16.6 Å². The Kier molecular flexibility index (Phi) is 7.89. The van der Waals surface area contributed by atoms with Crippen molar-refractivity contribution >= 4 is 22.5 Å². The van der Waals surface area contributed by atoms with Gasteiger partial charge in [0, 0.05) is 28.8 Å². The summed E-state index contributed by atoms with van der Waals surface area (Å²) in [7, 11) is 0.